The Balaban J connectivity index is 2.18. The first kappa shape index (κ1) is 13.5. The molecule has 1 aliphatic carbocycles. The van der Waals surface area contributed by atoms with Crippen molar-refractivity contribution in [3.8, 4) is 0 Å². The van der Waals surface area contributed by atoms with Crippen molar-refractivity contribution in [2.24, 2.45) is 0 Å². The van der Waals surface area contributed by atoms with Gasteiger partial charge in [0, 0.05) is 13.6 Å². The number of aromatic nitrogens is 2. The van der Waals surface area contributed by atoms with Crippen molar-refractivity contribution >= 4 is 17.4 Å². The van der Waals surface area contributed by atoms with Crippen molar-refractivity contribution in [3.05, 3.63) is 17.0 Å². The summed E-state index contributed by atoms with van der Waals surface area (Å²) >= 11 is 5.92. The molecule has 2 N–H and O–H groups in total. The van der Waals surface area contributed by atoms with Crippen LogP contribution in [-0.2, 0) is 6.61 Å². The lowest BCUT2D eigenvalue weighted by atomic mass is 10.0. The fourth-order valence-electron chi connectivity index (χ4n) is 2.55. The average Bonchev–Trinajstić information content (AvgIpc) is 2.75. The van der Waals surface area contributed by atoms with E-state index in [1.54, 1.807) is 0 Å². The Kier molecular flexibility index (Phi) is 4.04. The third-order valence-electron chi connectivity index (χ3n) is 3.46. The van der Waals surface area contributed by atoms with E-state index in [1.165, 1.54) is 6.33 Å². The van der Waals surface area contributed by atoms with Gasteiger partial charge in [0.15, 0.2) is 0 Å². The Morgan fingerprint density at radius 3 is 2.67 bits per heavy atom. The second-order valence-corrected chi connectivity index (χ2v) is 5.27. The second kappa shape index (κ2) is 5.38. The van der Waals surface area contributed by atoms with E-state index in [9.17, 15) is 10.2 Å². The number of hydrogen-bond donors (Lipinski definition) is 2. The molecule has 0 spiro atoms. The maximum atomic E-state index is 10.4. The van der Waals surface area contributed by atoms with Crippen LogP contribution in [0.1, 0.15) is 31.2 Å². The Morgan fingerprint density at radius 2 is 2.06 bits per heavy atom. The van der Waals surface area contributed by atoms with Gasteiger partial charge >= 0.3 is 0 Å². The Hall–Kier alpha value is -0.910. The molecule has 2 rings (SSSR count). The Labute approximate surface area is 111 Å². The summed E-state index contributed by atoms with van der Waals surface area (Å²) < 4.78 is 0. The van der Waals surface area contributed by atoms with Gasteiger partial charge in [-0.2, -0.15) is 0 Å². The van der Waals surface area contributed by atoms with E-state index in [0.717, 1.165) is 25.7 Å². The van der Waals surface area contributed by atoms with Gasteiger partial charge in [-0.1, -0.05) is 24.4 Å². The molecule has 0 radical (unpaired) electrons. The predicted molar refractivity (Wildman–Crippen MR) is 69.7 cm³/mol. The molecule has 1 heterocycles. The third kappa shape index (κ3) is 2.74. The van der Waals surface area contributed by atoms with Crippen molar-refractivity contribution in [3.63, 3.8) is 0 Å². The molecule has 0 aromatic carbocycles. The summed E-state index contributed by atoms with van der Waals surface area (Å²) in [5.41, 5.74) is -0.151. The topological polar surface area (TPSA) is 69.5 Å². The molecule has 0 unspecified atom stereocenters. The van der Waals surface area contributed by atoms with Gasteiger partial charge < -0.3 is 15.1 Å². The number of likely N-dealkylation sites (N-methyl/N-ethyl adjacent to an activating group) is 1. The minimum absolute atomic E-state index is 0.211. The molecule has 0 saturated heterocycles. The normalized spacial score (nSPS) is 18.0. The summed E-state index contributed by atoms with van der Waals surface area (Å²) in [5, 5.41) is 20.0. The first-order valence-electron chi connectivity index (χ1n) is 6.09. The predicted octanol–water partition coefficient (Wildman–Crippen LogP) is 1.36. The van der Waals surface area contributed by atoms with Crippen molar-refractivity contribution in [2.75, 3.05) is 18.5 Å². The second-order valence-electron chi connectivity index (χ2n) is 4.91. The molecule has 0 bridgehead atoms. The molecule has 6 heteroatoms. The van der Waals surface area contributed by atoms with Gasteiger partial charge in [-0.25, -0.2) is 9.97 Å². The first-order chi connectivity index (χ1) is 8.56. The highest BCUT2D eigenvalue weighted by atomic mass is 35.5. The van der Waals surface area contributed by atoms with E-state index in [4.69, 9.17) is 11.6 Å². The van der Waals surface area contributed by atoms with Crippen LogP contribution >= 0.6 is 11.6 Å². The minimum atomic E-state index is -0.654. The molecule has 1 saturated carbocycles. The zero-order chi connectivity index (χ0) is 13.2. The maximum absolute atomic E-state index is 10.4. The number of halogens is 1. The van der Waals surface area contributed by atoms with Crippen LogP contribution in [0, 0.1) is 0 Å². The molecule has 0 amide bonds. The summed E-state index contributed by atoms with van der Waals surface area (Å²) in [4.78, 5) is 9.83. The van der Waals surface area contributed by atoms with Gasteiger partial charge in [-0.05, 0) is 12.8 Å². The lowest BCUT2D eigenvalue weighted by Crippen LogP contribution is -2.40. The molecule has 0 aliphatic heterocycles. The highest BCUT2D eigenvalue weighted by molar-refractivity contribution is 6.30. The van der Waals surface area contributed by atoms with E-state index >= 15 is 0 Å². The molecular formula is C12H18ClN3O2. The molecule has 5 nitrogen and oxygen atoms in total. The van der Waals surface area contributed by atoms with Crippen molar-refractivity contribution < 1.29 is 10.2 Å². The molecule has 0 atom stereocenters. The molecule has 1 aromatic rings. The zero-order valence-corrected chi connectivity index (χ0v) is 11.2. The minimum Gasteiger partial charge on any atom is -0.391 e. The van der Waals surface area contributed by atoms with Crippen LogP contribution in [0.4, 0.5) is 5.82 Å². The van der Waals surface area contributed by atoms with Crippen molar-refractivity contribution in [1.82, 2.24) is 9.97 Å². The Morgan fingerprint density at radius 1 is 1.39 bits per heavy atom. The summed E-state index contributed by atoms with van der Waals surface area (Å²) in [7, 11) is 1.84. The SMILES string of the molecule is CN(CC1(O)CCCC1)c1ncnc(Cl)c1CO. The van der Waals surface area contributed by atoms with Crippen LogP contribution in [-0.4, -0.2) is 39.4 Å². The summed E-state index contributed by atoms with van der Waals surface area (Å²) in [6.45, 7) is 0.283. The van der Waals surface area contributed by atoms with Gasteiger partial charge in [0.1, 0.15) is 17.3 Å². The largest absolute Gasteiger partial charge is 0.391 e. The number of aliphatic hydroxyl groups excluding tert-OH is 1. The zero-order valence-electron chi connectivity index (χ0n) is 10.4. The summed E-state index contributed by atoms with van der Waals surface area (Å²) in [5.74, 6) is 0.581. The van der Waals surface area contributed by atoms with Gasteiger partial charge in [0.05, 0.1) is 17.8 Å². The average molecular weight is 272 g/mol. The molecule has 1 fully saturated rings. The Bertz CT molecular complexity index is 422. The number of nitrogens with zero attached hydrogens (tertiary/aromatic N) is 3. The standard InChI is InChI=1S/C12H18ClN3O2/c1-16(7-12(18)4-2-3-5-12)11-9(6-17)10(13)14-8-15-11/h8,17-18H,2-7H2,1H3. The molecule has 1 aliphatic rings. The lowest BCUT2D eigenvalue weighted by Gasteiger charge is -2.30. The molecular weight excluding hydrogens is 254 g/mol. The molecule has 100 valence electrons. The maximum Gasteiger partial charge on any atom is 0.140 e. The fourth-order valence-corrected chi connectivity index (χ4v) is 2.74. The van der Waals surface area contributed by atoms with Crippen LogP contribution in [0.25, 0.3) is 0 Å². The van der Waals surface area contributed by atoms with Crippen LogP contribution in [0.5, 0.6) is 0 Å². The molecule has 1 aromatic heterocycles. The van der Waals surface area contributed by atoms with E-state index in [2.05, 4.69) is 9.97 Å². The number of anilines is 1. The smallest absolute Gasteiger partial charge is 0.140 e. The van der Waals surface area contributed by atoms with Gasteiger partial charge in [-0.15, -0.1) is 0 Å². The van der Waals surface area contributed by atoms with Crippen LogP contribution in [0.3, 0.4) is 0 Å². The highest BCUT2D eigenvalue weighted by Crippen LogP contribution is 2.32. The van der Waals surface area contributed by atoms with Crippen LogP contribution in [0.2, 0.25) is 5.15 Å². The van der Waals surface area contributed by atoms with Gasteiger partial charge in [-0.3, -0.25) is 0 Å². The number of aliphatic hydroxyl groups is 2. The van der Waals surface area contributed by atoms with Crippen molar-refractivity contribution in [2.45, 2.75) is 37.9 Å². The van der Waals surface area contributed by atoms with Crippen LogP contribution < -0.4 is 4.90 Å². The van der Waals surface area contributed by atoms with E-state index in [0.29, 0.717) is 17.9 Å². The number of hydrogen-bond acceptors (Lipinski definition) is 5. The van der Waals surface area contributed by atoms with Crippen molar-refractivity contribution in [1.29, 1.82) is 0 Å². The van der Waals surface area contributed by atoms with E-state index < -0.39 is 5.60 Å². The fraction of sp³-hybridized carbons (Fsp3) is 0.667. The summed E-state index contributed by atoms with van der Waals surface area (Å²) in [6.07, 6.45) is 5.10. The molecule has 18 heavy (non-hydrogen) atoms. The summed E-state index contributed by atoms with van der Waals surface area (Å²) in [6, 6.07) is 0. The first-order valence-corrected chi connectivity index (χ1v) is 6.47. The highest BCUT2D eigenvalue weighted by Gasteiger charge is 2.33. The third-order valence-corrected chi connectivity index (χ3v) is 3.78. The van der Waals surface area contributed by atoms with E-state index in [1.807, 2.05) is 11.9 Å². The van der Waals surface area contributed by atoms with Gasteiger partial charge in [0.25, 0.3) is 0 Å². The van der Waals surface area contributed by atoms with Crippen LogP contribution in [0.15, 0.2) is 6.33 Å². The van der Waals surface area contributed by atoms with Gasteiger partial charge in [0.2, 0.25) is 0 Å². The number of rotatable bonds is 4. The quantitative estimate of drug-likeness (QED) is 0.810. The van der Waals surface area contributed by atoms with E-state index in [-0.39, 0.29) is 11.8 Å². The lowest BCUT2D eigenvalue weighted by molar-refractivity contribution is 0.0557. The monoisotopic (exact) mass is 271 g/mol.